The topological polar surface area (TPSA) is 61.4 Å². The molecule has 0 fully saturated rings. The minimum atomic E-state index is -0.357. The van der Waals surface area contributed by atoms with Crippen LogP contribution in [0, 0.1) is 11.7 Å². The number of amides is 3. The molecule has 1 aliphatic rings. The van der Waals surface area contributed by atoms with E-state index in [0.29, 0.717) is 23.7 Å². The van der Waals surface area contributed by atoms with Crippen molar-refractivity contribution in [3.63, 3.8) is 0 Å². The van der Waals surface area contributed by atoms with Crippen LogP contribution in [0.25, 0.3) is 0 Å². The van der Waals surface area contributed by atoms with Crippen LogP contribution in [0.4, 0.5) is 14.9 Å². The Kier molecular flexibility index (Phi) is 4.22. The van der Waals surface area contributed by atoms with Crippen LogP contribution in [0.2, 0.25) is 0 Å². The molecule has 0 radical (unpaired) electrons. The molecule has 0 aliphatic carbocycles. The molecule has 0 saturated carbocycles. The number of urea groups is 1. The number of nitrogens with zero attached hydrogens (tertiary/aromatic N) is 1. The molecule has 0 unspecified atom stereocenters. The van der Waals surface area contributed by atoms with Crippen molar-refractivity contribution >= 4 is 17.6 Å². The van der Waals surface area contributed by atoms with E-state index >= 15 is 0 Å². The van der Waals surface area contributed by atoms with Crippen molar-refractivity contribution in [1.29, 1.82) is 0 Å². The second kappa shape index (κ2) is 5.90. The zero-order valence-corrected chi connectivity index (χ0v) is 11.6. The van der Waals surface area contributed by atoms with E-state index in [1.54, 1.807) is 0 Å². The van der Waals surface area contributed by atoms with Gasteiger partial charge in [0, 0.05) is 12.2 Å². The van der Waals surface area contributed by atoms with Crippen molar-refractivity contribution in [1.82, 2.24) is 10.2 Å². The van der Waals surface area contributed by atoms with Crippen LogP contribution in [0.1, 0.15) is 19.4 Å². The van der Waals surface area contributed by atoms with Gasteiger partial charge in [0.15, 0.2) is 0 Å². The van der Waals surface area contributed by atoms with Crippen molar-refractivity contribution in [3.8, 4) is 0 Å². The zero-order valence-electron chi connectivity index (χ0n) is 11.6. The first kappa shape index (κ1) is 14.3. The molecule has 5 nitrogen and oxygen atoms in total. The van der Waals surface area contributed by atoms with Crippen LogP contribution in [0.5, 0.6) is 0 Å². The molecule has 20 heavy (non-hydrogen) atoms. The Hall–Kier alpha value is -2.11. The van der Waals surface area contributed by atoms with E-state index in [1.807, 2.05) is 13.8 Å². The fourth-order valence-corrected chi connectivity index (χ4v) is 1.96. The van der Waals surface area contributed by atoms with Gasteiger partial charge in [-0.2, -0.15) is 0 Å². The van der Waals surface area contributed by atoms with E-state index in [-0.39, 0.29) is 30.8 Å². The molecule has 1 aromatic carbocycles. The van der Waals surface area contributed by atoms with Crippen molar-refractivity contribution in [2.45, 2.75) is 20.4 Å². The predicted molar refractivity (Wildman–Crippen MR) is 73.7 cm³/mol. The Morgan fingerprint density at radius 1 is 1.50 bits per heavy atom. The molecule has 1 aliphatic heterocycles. The normalized spacial score (nSPS) is 14.0. The standard InChI is InChI=1S/C14H18FN3O2/c1-9(2)6-16-13(19)8-18-7-10-5-11(15)3-4-12(10)17-14(18)20/h3-5,9H,6-8H2,1-2H3,(H,16,19)(H,17,20). The molecule has 2 rings (SSSR count). The lowest BCUT2D eigenvalue weighted by atomic mass is 10.1. The molecule has 0 aromatic heterocycles. The molecule has 0 bridgehead atoms. The smallest absolute Gasteiger partial charge is 0.322 e. The summed E-state index contributed by atoms with van der Waals surface area (Å²) in [7, 11) is 0. The predicted octanol–water partition coefficient (Wildman–Crippen LogP) is 1.95. The number of hydrogen-bond donors (Lipinski definition) is 2. The first-order valence-corrected chi connectivity index (χ1v) is 6.56. The average molecular weight is 279 g/mol. The van der Waals surface area contributed by atoms with E-state index in [0.717, 1.165) is 0 Å². The molecule has 3 amide bonds. The van der Waals surface area contributed by atoms with Gasteiger partial charge in [0.2, 0.25) is 5.91 Å². The zero-order chi connectivity index (χ0) is 14.7. The van der Waals surface area contributed by atoms with Crippen molar-refractivity contribution in [2.24, 2.45) is 5.92 Å². The summed E-state index contributed by atoms with van der Waals surface area (Å²) < 4.78 is 13.2. The summed E-state index contributed by atoms with van der Waals surface area (Å²) in [5, 5.41) is 5.40. The second-order valence-electron chi connectivity index (χ2n) is 5.29. The second-order valence-corrected chi connectivity index (χ2v) is 5.29. The fourth-order valence-electron chi connectivity index (χ4n) is 1.96. The van der Waals surface area contributed by atoms with Crippen LogP contribution >= 0.6 is 0 Å². The molecule has 0 atom stereocenters. The summed E-state index contributed by atoms with van der Waals surface area (Å²) in [4.78, 5) is 24.9. The van der Waals surface area contributed by atoms with Crippen LogP contribution in [-0.2, 0) is 11.3 Å². The Morgan fingerprint density at radius 3 is 2.95 bits per heavy atom. The van der Waals surface area contributed by atoms with Crippen LogP contribution in [0.3, 0.4) is 0 Å². The van der Waals surface area contributed by atoms with Crippen LogP contribution in [0.15, 0.2) is 18.2 Å². The lowest BCUT2D eigenvalue weighted by molar-refractivity contribution is -0.121. The van der Waals surface area contributed by atoms with E-state index < -0.39 is 0 Å². The van der Waals surface area contributed by atoms with Gasteiger partial charge in [-0.05, 0) is 29.7 Å². The summed E-state index contributed by atoms with van der Waals surface area (Å²) >= 11 is 0. The van der Waals surface area contributed by atoms with Gasteiger partial charge < -0.3 is 15.5 Å². The largest absolute Gasteiger partial charge is 0.354 e. The summed E-state index contributed by atoms with van der Waals surface area (Å²) in [5.74, 6) is -0.221. The van der Waals surface area contributed by atoms with Gasteiger partial charge in [-0.15, -0.1) is 0 Å². The monoisotopic (exact) mass is 279 g/mol. The third-order valence-electron chi connectivity index (χ3n) is 3.00. The number of nitrogens with one attached hydrogen (secondary N) is 2. The molecule has 0 saturated heterocycles. The van der Waals surface area contributed by atoms with E-state index in [2.05, 4.69) is 10.6 Å². The van der Waals surface area contributed by atoms with E-state index in [9.17, 15) is 14.0 Å². The van der Waals surface area contributed by atoms with Gasteiger partial charge in [-0.3, -0.25) is 4.79 Å². The first-order chi connectivity index (χ1) is 9.45. The molecule has 1 aromatic rings. The Balaban J connectivity index is 2.00. The number of anilines is 1. The number of hydrogen-bond acceptors (Lipinski definition) is 2. The van der Waals surface area contributed by atoms with E-state index in [4.69, 9.17) is 0 Å². The lowest BCUT2D eigenvalue weighted by Crippen LogP contribution is -2.45. The van der Waals surface area contributed by atoms with Crippen molar-refractivity contribution in [2.75, 3.05) is 18.4 Å². The molecular formula is C14H18FN3O2. The highest BCUT2D eigenvalue weighted by atomic mass is 19.1. The highest BCUT2D eigenvalue weighted by Gasteiger charge is 2.24. The fraction of sp³-hybridized carbons (Fsp3) is 0.429. The van der Waals surface area contributed by atoms with E-state index in [1.165, 1.54) is 23.1 Å². The van der Waals surface area contributed by atoms with Crippen molar-refractivity contribution < 1.29 is 14.0 Å². The van der Waals surface area contributed by atoms with Crippen LogP contribution in [-0.4, -0.2) is 29.9 Å². The maximum Gasteiger partial charge on any atom is 0.322 e. The minimum absolute atomic E-state index is 0.0332. The van der Waals surface area contributed by atoms with Gasteiger partial charge in [-0.1, -0.05) is 13.8 Å². The van der Waals surface area contributed by atoms with Gasteiger partial charge >= 0.3 is 6.03 Å². The summed E-state index contributed by atoms with van der Waals surface area (Å²) in [5.41, 5.74) is 1.26. The third kappa shape index (κ3) is 3.46. The summed E-state index contributed by atoms with van der Waals surface area (Å²) in [6.07, 6.45) is 0. The number of halogens is 1. The van der Waals surface area contributed by atoms with Crippen LogP contribution < -0.4 is 10.6 Å². The first-order valence-electron chi connectivity index (χ1n) is 6.56. The average Bonchev–Trinajstić information content (AvgIpc) is 2.38. The van der Waals surface area contributed by atoms with Gasteiger partial charge in [-0.25, -0.2) is 9.18 Å². The number of rotatable bonds is 4. The molecule has 0 spiro atoms. The lowest BCUT2D eigenvalue weighted by Gasteiger charge is -2.28. The minimum Gasteiger partial charge on any atom is -0.354 e. The molecular weight excluding hydrogens is 261 g/mol. The SMILES string of the molecule is CC(C)CNC(=O)CN1Cc2cc(F)ccc2NC1=O. The quantitative estimate of drug-likeness (QED) is 0.885. The third-order valence-corrected chi connectivity index (χ3v) is 3.00. The highest BCUT2D eigenvalue weighted by Crippen LogP contribution is 2.23. The Bertz CT molecular complexity index is 531. The molecule has 6 heteroatoms. The van der Waals surface area contributed by atoms with Gasteiger partial charge in [0.05, 0.1) is 6.54 Å². The highest BCUT2D eigenvalue weighted by molar-refractivity contribution is 5.94. The number of fused-ring (bicyclic) bond motifs is 1. The summed E-state index contributed by atoms with van der Waals surface area (Å²) in [6, 6.07) is 3.85. The molecule has 1 heterocycles. The molecule has 108 valence electrons. The summed E-state index contributed by atoms with van der Waals surface area (Å²) in [6.45, 7) is 4.75. The number of benzene rings is 1. The maximum absolute atomic E-state index is 13.2. The maximum atomic E-state index is 13.2. The Labute approximate surface area is 117 Å². The number of carbonyl (C=O) groups excluding carboxylic acids is 2. The molecule has 2 N–H and O–H groups in total. The van der Waals surface area contributed by atoms with Gasteiger partial charge in [0.25, 0.3) is 0 Å². The van der Waals surface area contributed by atoms with Gasteiger partial charge in [0.1, 0.15) is 12.4 Å². The van der Waals surface area contributed by atoms with Crippen molar-refractivity contribution in [3.05, 3.63) is 29.6 Å². The number of carbonyl (C=O) groups is 2. The Morgan fingerprint density at radius 2 is 2.25 bits per heavy atom.